The number of likely N-dealkylation sites (N-methyl/N-ethyl adjacent to an activating group) is 1. The summed E-state index contributed by atoms with van der Waals surface area (Å²) in [6.07, 6.45) is 0. The van der Waals surface area contributed by atoms with Crippen LogP contribution in [0.25, 0.3) is 0 Å². The first-order valence-electron chi connectivity index (χ1n) is 8.74. The predicted octanol–water partition coefficient (Wildman–Crippen LogP) is 3.23. The Balaban J connectivity index is 0.00000420. The second-order valence-corrected chi connectivity index (χ2v) is 6.13. The minimum absolute atomic E-state index is 0. The summed E-state index contributed by atoms with van der Waals surface area (Å²) in [6, 6.07) is 16.2. The van der Waals surface area contributed by atoms with Crippen molar-refractivity contribution in [3.63, 3.8) is 0 Å². The largest absolute Gasteiger partial charge is 0.434 e. The molecule has 0 fully saturated rings. The highest BCUT2D eigenvalue weighted by molar-refractivity contribution is 14.0. The lowest BCUT2D eigenvalue weighted by Crippen LogP contribution is -2.42. The maximum absolute atomic E-state index is 12.6. The number of rotatable bonds is 8. The molecule has 9 heteroatoms. The van der Waals surface area contributed by atoms with Crippen LogP contribution in [0.2, 0.25) is 0 Å². The molecule has 0 spiro atoms. The number of aliphatic imine (C=N–C) groups is 1. The van der Waals surface area contributed by atoms with Crippen LogP contribution in [-0.2, 0) is 17.9 Å². The highest BCUT2D eigenvalue weighted by Crippen LogP contribution is 2.19. The Morgan fingerprint density at radius 1 is 1.07 bits per heavy atom. The summed E-state index contributed by atoms with van der Waals surface area (Å²) in [5.74, 6) is 0.373. The van der Waals surface area contributed by atoms with E-state index in [9.17, 15) is 13.6 Å². The van der Waals surface area contributed by atoms with E-state index in [1.54, 1.807) is 32.3 Å². The maximum atomic E-state index is 12.6. The van der Waals surface area contributed by atoms with Crippen molar-refractivity contribution in [3.05, 3.63) is 65.7 Å². The van der Waals surface area contributed by atoms with Crippen LogP contribution in [0.3, 0.4) is 0 Å². The molecule has 1 amide bonds. The van der Waals surface area contributed by atoms with Crippen molar-refractivity contribution in [2.75, 3.05) is 20.6 Å². The molecule has 0 radical (unpaired) electrons. The van der Waals surface area contributed by atoms with E-state index in [1.807, 2.05) is 30.3 Å². The molecular formula is C20H25F2IN4O2. The van der Waals surface area contributed by atoms with E-state index in [-0.39, 0.29) is 48.7 Å². The first-order valence-corrected chi connectivity index (χ1v) is 8.74. The zero-order valence-corrected chi connectivity index (χ0v) is 18.6. The molecular weight excluding hydrogens is 493 g/mol. The van der Waals surface area contributed by atoms with Crippen LogP contribution < -0.4 is 15.4 Å². The lowest BCUT2D eigenvalue weighted by molar-refractivity contribution is -0.127. The third kappa shape index (κ3) is 9.07. The Kier molecular flexibility index (Phi) is 11.0. The van der Waals surface area contributed by atoms with Gasteiger partial charge in [0.15, 0.2) is 5.96 Å². The van der Waals surface area contributed by atoms with Gasteiger partial charge < -0.3 is 20.3 Å². The number of ether oxygens (including phenoxy) is 1. The van der Waals surface area contributed by atoms with Gasteiger partial charge in [0, 0.05) is 26.2 Å². The van der Waals surface area contributed by atoms with Crippen LogP contribution in [0.4, 0.5) is 8.78 Å². The molecule has 29 heavy (non-hydrogen) atoms. The fourth-order valence-corrected chi connectivity index (χ4v) is 2.29. The Bertz CT molecular complexity index is 789. The molecule has 2 aromatic carbocycles. The topological polar surface area (TPSA) is 66.0 Å². The van der Waals surface area contributed by atoms with Gasteiger partial charge in [0.25, 0.3) is 0 Å². The summed E-state index contributed by atoms with van der Waals surface area (Å²) in [6.45, 7) is -2.23. The van der Waals surface area contributed by atoms with Gasteiger partial charge in [0.2, 0.25) is 5.91 Å². The number of nitrogens with one attached hydrogen (secondary N) is 2. The van der Waals surface area contributed by atoms with E-state index in [1.165, 1.54) is 11.0 Å². The molecule has 0 aromatic heterocycles. The lowest BCUT2D eigenvalue weighted by atomic mass is 10.2. The van der Waals surface area contributed by atoms with Gasteiger partial charge in [0.05, 0.1) is 13.1 Å². The fraction of sp³-hybridized carbons (Fsp3) is 0.300. The number of carbonyl (C=O) groups is 1. The van der Waals surface area contributed by atoms with Gasteiger partial charge in [-0.15, -0.1) is 24.0 Å². The second kappa shape index (κ2) is 12.9. The Hall–Kier alpha value is -2.43. The van der Waals surface area contributed by atoms with Crippen molar-refractivity contribution in [2.45, 2.75) is 19.7 Å². The predicted molar refractivity (Wildman–Crippen MR) is 120 cm³/mol. The van der Waals surface area contributed by atoms with E-state index >= 15 is 0 Å². The molecule has 0 aliphatic rings. The normalized spacial score (nSPS) is 10.9. The molecule has 2 rings (SSSR count). The van der Waals surface area contributed by atoms with E-state index in [2.05, 4.69) is 20.4 Å². The Labute approximate surface area is 186 Å². The van der Waals surface area contributed by atoms with Gasteiger partial charge in [-0.05, 0) is 11.6 Å². The molecule has 158 valence electrons. The summed E-state index contributed by atoms with van der Waals surface area (Å²) < 4.78 is 29.7. The first-order chi connectivity index (χ1) is 13.5. The van der Waals surface area contributed by atoms with Crippen LogP contribution >= 0.6 is 24.0 Å². The molecule has 0 saturated heterocycles. The second-order valence-electron chi connectivity index (χ2n) is 6.13. The van der Waals surface area contributed by atoms with E-state index in [0.29, 0.717) is 18.1 Å². The monoisotopic (exact) mass is 518 g/mol. The first kappa shape index (κ1) is 24.6. The third-order valence-electron chi connectivity index (χ3n) is 3.80. The average molecular weight is 518 g/mol. The fourth-order valence-electron chi connectivity index (χ4n) is 2.29. The van der Waals surface area contributed by atoms with Crippen LogP contribution in [0.1, 0.15) is 11.1 Å². The van der Waals surface area contributed by atoms with Crippen molar-refractivity contribution in [2.24, 2.45) is 4.99 Å². The molecule has 6 nitrogen and oxygen atoms in total. The van der Waals surface area contributed by atoms with Crippen molar-refractivity contribution >= 4 is 35.8 Å². The van der Waals surface area contributed by atoms with Crippen LogP contribution in [-0.4, -0.2) is 44.0 Å². The smallest absolute Gasteiger partial charge is 0.387 e. The van der Waals surface area contributed by atoms with Gasteiger partial charge in [-0.3, -0.25) is 4.79 Å². The molecule has 0 aliphatic carbocycles. The number of benzene rings is 2. The Morgan fingerprint density at radius 2 is 1.72 bits per heavy atom. The standard InChI is InChI=1S/C20H24F2N4O2.HI/c1-26(2)18(27)14-25-20(23-12-15-8-4-3-5-9-15)24-13-16-10-6-7-11-17(16)28-19(21)22;/h3-11,19H,12-14H2,1-2H3,(H2,23,24,25);1H. The van der Waals surface area contributed by atoms with Gasteiger partial charge in [-0.2, -0.15) is 8.78 Å². The Morgan fingerprint density at radius 3 is 2.38 bits per heavy atom. The summed E-state index contributed by atoms with van der Waals surface area (Å²) in [7, 11) is 3.33. The van der Waals surface area contributed by atoms with Gasteiger partial charge in [-0.25, -0.2) is 4.99 Å². The van der Waals surface area contributed by atoms with Crippen molar-refractivity contribution in [1.29, 1.82) is 0 Å². The summed E-state index contributed by atoms with van der Waals surface area (Å²) in [5, 5.41) is 6.02. The van der Waals surface area contributed by atoms with Crippen molar-refractivity contribution in [3.8, 4) is 5.75 Å². The zero-order valence-electron chi connectivity index (χ0n) is 16.3. The molecule has 0 heterocycles. The van der Waals surface area contributed by atoms with Crippen LogP contribution in [0.5, 0.6) is 5.75 Å². The van der Waals surface area contributed by atoms with Gasteiger partial charge in [-0.1, -0.05) is 48.5 Å². The highest BCUT2D eigenvalue weighted by atomic mass is 127. The van der Waals surface area contributed by atoms with Crippen LogP contribution in [0, 0.1) is 0 Å². The minimum atomic E-state index is -2.90. The maximum Gasteiger partial charge on any atom is 0.387 e. The number of para-hydroxylation sites is 1. The van der Waals surface area contributed by atoms with Crippen molar-refractivity contribution < 1.29 is 18.3 Å². The molecule has 0 saturated carbocycles. The zero-order chi connectivity index (χ0) is 20.4. The average Bonchev–Trinajstić information content (AvgIpc) is 2.68. The summed E-state index contributed by atoms with van der Waals surface area (Å²) >= 11 is 0. The number of nitrogens with zero attached hydrogens (tertiary/aromatic N) is 2. The van der Waals surface area contributed by atoms with Crippen molar-refractivity contribution in [1.82, 2.24) is 15.5 Å². The van der Waals surface area contributed by atoms with E-state index in [4.69, 9.17) is 0 Å². The third-order valence-corrected chi connectivity index (χ3v) is 3.80. The lowest BCUT2D eigenvalue weighted by Gasteiger charge is -2.16. The number of hydrogen-bond acceptors (Lipinski definition) is 3. The molecule has 0 bridgehead atoms. The summed E-state index contributed by atoms with van der Waals surface area (Å²) in [5.41, 5.74) is 1.56. The van der Waals surface area contributed by atoms with E-state index < -0.39 is 6.61 Å². The molecule has 2 aromatic rings. The quantitative estimate of drug-likeness (QED) is 0.320. The SMILES string of the molecule is CN(C)C(=O)CNC(=NCc1ccccc1)NCc1ccccc1OC(F)F.I. The number of guanidine groups is 1. The number of alkyl halides is 2. The van der Waals surface area contributed by atoms with Gasteiger partial charge >= 0.3 is 6.61 Å². The number of hydrogen-bond donors (Lipinski definition) is 2. The number of halogens is 3. The molecule has 0 unspecified atom stereocenters. The van der Waals surface area contributed by atoms with E-state index in [0.717, 1.165) is 5.56 Å². The summed E-state index contributed by atoms with van der Waals surface area (Å²) in [4.78, 5) is 17.8. The number of amides is 1. The molecule has 0 atom stereocenters. The highest BCUT2D eigenvalue weighted by Gasteiger charge is 2.10. The van der Waals surface area contributed by atoms with Crippen LogP contribution in [0.15, 0.2) is 59.6 Å². The molecule has 2 N–H and O–H groups in total. The molecule has 0 aliphatic heterocycles. The minimum Gasteiger partial charge on any atom is -0.434 e. The number of carbonyl (C=O) groups excluding carboxylic acids is 1. The van der Waals surface area contributed by atoms with Gasteiger partial charge in [0.1, 0.15) is 5.75 Å².